The summed E-state index contributed by atoms with van der Waals surface area (Å²) in [7, 11) is 0. The molecule has 0 aromatic rings. The number of allylic oxidation sites excluding steroid dienone is 1. The van der Waals surface area contributed by atoms with Crippen molar-refractivity contribution in [3.05, 3.63) is 37.1 Å². The quantitative estimate of drug-likeness (QED) is 0.397. The molecule has 0 aliphatic heterocycles. The molecule has 1 atom stereocenters. The molecule has 0 radical (unpaired) electrons. The summed E-state index contributed by atoms with van der Waals surface area (Å²) < 4.78 is 10.5. The van der Waals surface area contributed by atoms with E-state index in [2.05, 4.69) is 13.2 Å². The lowest BCUT2D eigenvalue weighted by Crippen LogP contribution is -2.36. The Morgan fingerprint density at radius 3 is 2.22 bits per heavy atom. The van der Waals surface area contributed by atoms with Gasteiger partial charge >= 0.3 is 5.97 Å². The first-order valence-corrected chi connectivity index (χ1v) is 5.60. The molecule has 0 aromatic carbocycles. The first kappa shape index (κ1) is 16.3. The fourth-order valence-corrected chi connectivity index (χ4v) is 1.37. The Hall–Kier alpha value is -1.68. The summed E-state index contributed by atoms with van der Waals surface area (Å²) in [4.78, 5) is 22.5. The first-order valence-electron chi connectivity index (χ1n) is 5.60. The maximum atomic E-state index is 11.5. The molecule has 0 spiro atoms. The Labute approximate surface area is 108 Å². The Bertz CT molecular complexity index is 377. The second kappa shape index (κ2) is 6.91. The highest BCUT2D eigenvalue weighted by molar-refractivity contribution is 5.95. The fraction of sp³-hybridized carbons (Fsp3) is 0.429. The molecule has 0 saturated carbocycles. The topological polar surface area (TPSA) is 52.6 Å². The average Bonchev–Trinajstić information content (AvgIpc) is 2.26. The van der Waals surface area contributed by atoms with Gasteiger partial charge in [0.05, 0.1) is 6.10 Å². The van der Waals surface area contributed by atoms with Crippen LogP contribution < -0.4 is 0 Å². The van der Waals surface area contributed by atoms with Gasteiger partial charge in [-0.3, -0.25) is 4.79 Å². The third-order valence-corrected chi connectivity index (χ3v) is 2.16. The summed E-state index contributed by atoms with van der Waals surface area (Å²) in [6, 6.07) is 0. The largest absolute Gasteiger partial charge is 0.428 e. The molecule has 1 unspecified atom stereocenters. The predicted octanol–water partition coefficient (Wildman–Crippen LogP) is 2.56. The summed E-state index contributed by atoms with van der Waals surface area (Å²) in [5.41, 5.74) is -0.958. The van der Waals surface area contributed by atoms with Gasteiger partial charge in [0.1, 0.15) is 11.4 Å². The smallest absolute Gasteiger partial charge is 0.335 e. The summed E-state index contributed by atoms with van der Waals surface area (Å²) >= 11 is 0. The third-order valence-electron chi connectivity index (χ3n) is 2.16. The van der Waals surface area contributed by atoms with Crippen LogP contribution in [0.25, 0.3) is 0 Å². The summed E-state index contributed by atoms with van der Waals surface area (Å²) in [5.74, 6) is -0.338. The molecule has 4 nitrogen and oxygen atoms in total. The maximum absolute atomic E-state index is 11.5. The minimum atomic E-state index is -0.958. The zero-order valence-electron chi connectivity index (χ0n) is 11.4. The number of esters is 1. The Morgan fingerprint density at radius 2 is 1.78 bits per heavy atom. The van der Waals surface area contributed by atoms with Gasteiger partial charge in [0.25, 0.3) is 0 Å². The monoisotopic (exact) mass is 252 g/mol. The summed E-state index contributed by atoms with van der Waals surface area (Å²) in [6.45, 7) is 13.4. The molecule has 0 rings (SSSR count). The van der Waals surface area contributed by atoms with Crippen LogP contribution in [-0.2, 0) is 19.1 Å². The molecular weight excluding hydrogens is 232 g/mol. The lowest BCUT2D eigenvalue weighted by Gasteiger charge is -2.25. The number of hydrogen-bond acceptors (Lipinski definition) is 4. The van der Waals surface area contributed by atoms with E-state index in [-0.39, 0.29) is 11.9 Å². The van der Waals surface area contributed by atoms with Crippen LogP contribution in [0, 0.1) is 0 Å². The van der Waals surface area contributed by atoms with Gasteiger partial charge in [0.2, 0.25) is 0 Å². The average molecular weight is 252 g/mol. The van der Waals surface area contributed by atoms with E-state index < -0.39 is 11.6 Å². The Balaban J connectivity index is 4.58. The Morgan fingerprint density at radius 1 is 1.22 bits per heavy atom. The van der Waals surface area contributed by atoms with Crippen LogP contribution in [0.5, 0.6) is 0 Å². The fourth-order valence-electron chi connectivity index (χ4n) is 1.37. The van der Waals surface area contributed by atoms with E-state index in [0.717, 1.165) is 6.08 Å². The van der Waals surface area contributed by atoms with Crippen molar-refractivity contribution in [2.24, 2.45) is 0 Å². The van der Waals surface area contributed by atoms with Crippen molar-refractivity contribution in [2.45, 2.75) is 39.4 Å². The molecule has 18 heavy (non-hydrogen) atoms. The number of ether oxygens (including phenoxy) is 2. The lowest BCUT2D eigenvalue weighted by atomic mass is 10.0. The van der Waals surface area contributed by atoms with Gasteiger partial charge in [-0.15, -0.1) is 0 Å². The van der Waals surface area contributed by atoms with Gasteiger partial charge in [-0.1, -0.05) is 13.2 Å². The van der Waals surface area contributed by atoms with E-state index in [1.807, 2.05) is 0 Å². The molecule has 0 bridgehead atoms. The van der Waals surface area contributed by atoms with Crippen LogP contribution in [0.15, 0.2) is 37.1 Å². The van der Waals surface area contributed by atoms with Gasteiger partial charge in [0.15, 0.2) is 5.78 Å². The van der Waals surface area contributed by atoms with Crippen LogP contribution in [-0.4, -0.2) is 23.5 Å². The summed E-state index contributed by atoms with van der Waals surface area (Å²) in [5, 5.41) is 0. The van der Waals surface area contributed by atoms with E-state index in [1.165, 1.54) is 6.08 Å². The molecule has 0 aliphatic carbocycles. The molecule has 0 N–H and O–H groups in total. The SMILES string of the molecule is C=CC(=O)O/C(C)=C/C(C)OC(C)(C)C(=O)C=C. The van der Waals surface area contributed by atoms with Crippen LogP contribution in [0.2, 0.25) is 0 Å². The zero-order chi connectivity index (χ0) is 14.3. The van der Waals surface area contributed by atoms with Crippen molar-refractivity contribution in [1.82, 2.24) is 0 Å². The highest BCUT2D eigenvalue weighted by atomic mass is 16.5. The van der Waals surface area contributed by atoms with E-state index in [4.69, 9.17) is 9.47 Å². The van der Waals surface area contributed by atoms with Crippen LogP contribution in [0.3, 0.4) is 0 Å². The number of carbonyl (C=O) groups excluding carboxylic acids is 2. The van der Waals surface area contributed by atoms with Gasteiger partial charge in [-0.05, 0) is 39.8 Å². The minimum Gasteiger partial charge on any atom is -0.428 e. The van der Waals surface area contributed by atoms with Gasteiger partial charge < -0.3 is 9.47 Å². The highest BCUT2D eigenvalue weighted by Crippen LogP contribution is 2.16. The van der Waals surface area contributed by atoms with E-state index in [0.29, 0.717) is 5.76 Å². The number of carbonyl (C=O) groups is 2. The van der Waals surface area contributed by atoms with E-state index >= 15 is 0 Å². The van der Waals surface area contributed by atoms with Crippen molar-refractivity contribution >= 4 is 11.8 Å². The first-order chi connectivity index (χ1) is 8.22. The van der Waals surface area contributed by atoms with Crippen LogP contribution in [0.1, 0.15) is 27.7 Å². The van der Waals surface area contributed by atoms with E-state index in [9.17, 15) is 9.59 Å². The molecule has 4 heteroatoms. The van der Waals surface area contributed by atoms with Crippen LogP contribution >= 0.6 is 0 Å². The van der Waals surface area contributed by atoms with Crippen LogP contribution in [0.4, 0.5) is 0 Å². The number of ketones is 1. The van der Waals surface area contributed by atoms with Gasteiger partial charge in [0, 0.05) is 6.08 Å². The van der Waals surface area contributed by atoms with Crippen molar-refractivity contribution in [3.63, 3.8) is 0 Å². The number of rotatable bonds is 7. The normalized spacial score (nSPS) is 13.7. The molecule has 0 aromatic heterocycles. The highest BCUT2D eigenvalue weighted by Gasteiger charge is 2.27. The molecule has 0 heterocycles. The second-order valence-electron chi connectivity index (χ2n) is 4.30. The summed E-state index contributed by atoms with van der Waals surface area (Å²) in [6.07, 6.45) is 3.54. The molecule has 0 fully saturated rings. The predicted molar refractivity (Wildman–Crippen MR) is 69.9 cm³/mol. The zero-order valence-corrected chi connectivity index (χ0v) is 11.4. The van der Waals surface area contributed by atoms with E-state index in [1.54, 1.807) is 33.8 Å². The molecule has 0 aliphatic rings. The second-order valence-corrected chi connectivity index (χ2v) is 4.30. The lowest BCUT2D eigenvalue weighted by molar-refractivity contribution is -0.139. The third kappa shape index (κ3) is 5.59. The van der Waals surface area contributed by atoms with Gasteiger partial charge in [-0.25, -0.2) is 4.79 Å². The molecule has 0 amide bonds. The maximum Gasteiger partial charge on any atom is 0.335 e. The van der Waals surface area contributed by atoms with Crippen molar-refractivity contribution in [3.8, 4) is 0 Å². The molecule has 100 valence electrons. The van der Waals surface area contributed by atoms with Crippen molar-refractivity contribution < 1.29 is 19.1 Å². The van der Waals surface area contributed by atoms with Crippen molar-refractivity contribution in [2.75, 3.05) is 0 Å². The minimum absolute atomic E-state index is 0.205. The van der Waals surface area contributed by atoms with Gasteiger partial charge in [-0.2, -0.15) is 0 Å². The number of hydrogen-bond donors (Lipinski definition) is 0. The molecular formula is C14H20O4. The van der Waals surface area contributed by atoms with Crippen molar-refractivity contribution in [1.29, 1.82) is 0 Å². The Kier molecular flexibility index (Phi) is 6.27. The standard InChI is InChI=1S/C14H20O4/c1-7-12(15)14(5,6)18-11(4)9-10(3)17-13(16)8-2/h7-9,11H,1-2H2,3-6H3/b10-9+. The molecule has 0 saturated heterocycles.